The van der Waals surface area contributed by atoms with Crippen LogP contribution in [-0.2, 0) is 10.9 Å². The van der Waals surface area contributed by atoms with Crippen LogP contribution < -0.4 is 5.32 Å². The van der Waals surface area contributed by atoms with Crippen molar-refractivity contribution >= 4 is 5.91 Å². The van der Waals surface area contributed by atoms with Crippen LogP contribution in [0.25, 0.3) is 0 Å². The second-order valence-corrected chi connectivity index (χ2v) is 4.23. The molecule has 1 aliphatic rings. The molecule has 1 unspecified atom stereocenters. The van der Waals surface area contributed by atoms with Gasteiger partial charge in [0.2, 0.25) is 0 Å². The highest BCUT2D eigenvalue weighted by atomic mass is 19.4. The zero-order valence-electron chi connectivity index (χ0n) is 9.76. The van der Waals surface area contributed by atoms with Crippen LogP contribution in [-0.4, -0.2) is 25.2 Å². The summed E-state index contributed by atoms with van der Waals surface area (Å²) < 4.78 is 55.9. The summed E-state index contributed by atoms with van der Waals surface area (Å²) in [6.07, 6.45) is -4.05. The van der Waals surface area contributed by atoms with Gasteiger partial charge in [0.1, 0.15) is 5.82 Å². The third-order valence-electron chi connectivity index (χ3n) is 2.80. The Balaban J connectivity index is 2.20. The molecular weight excluding hydrogens is 266 g/mol. The SMILES string of the molecule is O=C(NC1CCOC1)c1cc(C(F)(F)F)ccc1F. The lowest BCUT2D eigenvalue weighted by molar-refractivity contribution is -0.137. The van der Waals surface area contributed by atoms with Crippen molar-refractivity contribution in [3.63, 3.8) is 0 Å². The maximum absolute atomic E-state index is 13.4. The number of amides is 1. The molecule has 1 saturated heterocycles. The normalized spacial score (nSPS) is 19.5. The van der Waals surface area contributed by atoms with Gasteiger partial charge in [0, 0.05) is 6.61 Å². The van der Waals surface area contributed by atoms with Gasteiger partial charge in [-0.3, -0.25) is 4.79 Å². The average molecular weight is 277 g/mol. The van der Waals surface area contributed by atoms with Gasteiger partial charge >= 0.3 is 6.18 Å². The maximum Gasteiger partial charge on any atom is 0.416 e. The van der Waals surface area contributed by atoms with E-state index in [2.05, 4.69) is 5.32 Å². The largest absolute Gasteiger partial charge is 0.416 e. The molecule has 1 N–H and O–H groups in total. The second-order valence-electron chi connectivity index (χ2n) is 4.23. The summed E-state index contributed by atoms with van der Waals surface area (Å²) in [6.45, 7) is 0.752. The van der Waals surface area contributed by atoms with Crippen molar-refractivity contribution in [1.29, 1.82) is 0 Å². The predicted molar refractivity (Wildman–Crippen MR) is 58.1 cm³/mol. The van der Waals surface area contributed by atoms with Gasteiger partial charge in [0.15, 0.2) is 0 Å². The van der Waals surface area contributed by atoms with E-state index in [0.717, 1.165) is 0 Å². The smallest absolute Gasteiger partial charge is 0.379 e. The molecule has 1 aromatic carbocycles. The molecule has 19 heavy (non-hydrogen) atoms. The summed E-state index contributed by atoms with van der Waals surface area (Å²) in [5.41, 5.74) is -1.66. The molecule has 1 amide bonds. The van der Waals surface area contributed by atoms with Crippen molar-refractivity contribution in [3.8, 4) is 0 Å². The van der Waals surface area contributed by atoms with E-state index in [9.17, 15) is 22.4 Å². The minimum absolute atomic E-state index is 0.284. The molecule has 0 spiro atoms. The summed E-state index contributed by atoms with van der Waals surface area (Å²) in [5.74, 6) is -1.84. The lowest BCUT2D eigenvalue weighted by atomic mass is 10.1. The van der Waals surface area contributed by atoms with E-state index >= 15 is 0 Å². The molecule has 1 fully saturated rings. The van der Waals surface area contributed by atoms with Gasteiger partial charge in [-0.15, -0.1) is 0 Å². The highest BCUT2D eigenvalue weighted by Crippen LogP contribution is 2.30. The van der Waals surface area contributed by atoms with E-state index in [1.54, 1.807) is 0 Å². The quantitative estimate of drug-likeness (QED) is 0.843. The molecule has 1 aromatic rings. The standard InChI is InChI=1S/C12H11F4NO2/c13-10-2-1-7(12(14,15)16)5-9(10)11(18)17-8-3-4-19-6-8/h1-2,5,8H,3-4,6H2,(H,17,18). The number of carbonyl (C=O) groups excluding carboxylic acids is 1. The van der Waals surface area contributed by atoms with E-state index in [-0.39, 0.29) is 12.6 Å². The highest BCUT2D eigenvalue weighted by molar-refractivity contribution is 5.94. The van der Waals surface area contributed by atoms with E-state index in [1.807, 2.05) is 0 Å². The van der Waals surface area contributed by atoms with Crippen molar-refractivity contribution < 1.29 is 27.1 Å². The number of hydrogen-bond donors (Lipinski definition) is 1. The topological polar surface area (TPSA) is 38.3 Å². The van der Waals surface area contributed by atoms with Crippen LogP contribution in [0.2, 0.25) is 0 Å². The van der Waals surface area contributed by atoms with Gasteiger partial charge in [0.25, 0.3) is 5.91 Å². The molecule has 0 bridgehead atoms. The molecule has 7 heteroatoms. The summed E-state index contributed by atoms with van der Waals surface area (Å²) in [6, 6.07) is 1.47. The number of rotatable bonds is 2. The van der Waals surface area contributed by atoms with Gasteiger partial charge < -0.3 is 10.1 Å². The third-order valence-corrected chi connectivity index (χ3v) is 2.80. The Hall–Kier alpha value is -1.63. The third kappa shape index (κ3) is 3.23. The van der Waals surface area contributed by atoms with Crippen LogP contribution >= 0.6 is 0 Å². The highest BCUT2D eigenvalue weighted by Gasteiger charge is 2.32. The van der Waals surface area contributed by atoms with Crippen LogP contribution in [0.3, 0.4) is 0 Å². The van der Waals surface area contributed by atoms with E-state index in [0.29, 0.717) is 31.2 Å². The number of carbonyl (C=O) groups is 1. The lowest BCUT2D eigenvalue weighted by Gasteiger charge is -2.13. The summed E-state index contributed by atoms with van der Waals surface area (Å²) in [5, 5.41) is 2.44. The summed E-state index contributed by atoms with van der Waals surface area (Å²) in [4.78, 5) is 11.7. The number of nitrogens with one attached hydrogen (secondary N) is 1. The molecule has 0 aromatic heterocycles. The van der Waals surface area contributed by atoms with Crippen molar-refractivity contribution in [2.45, 2.75) is 18.6 Å². The van der Waals surface area contributed by atoms with E-state index < -0.39 is 29.0 Å². The average Bonchev–Trinajstić information content (AvgIpc) is 2.80. The summed E-state index contributed by atoms with van der Waals surface area (Å²) >= 11 is 0. The Morgan fingerprint density at radius 3 is 2.68 bits per heavy atom. The van der Waals surface area contributed by atoms with Crippen LogP contribution in [0.5, 0.6) is 0 Å². The predicted octanol–water partition coefficient (Wildman–Crippen LogP) is 2.36. The van der Waals surface area contributed by atoms with Gasteiger partial charge in [-0.1, -0.05) is 0 Å². The first kappa shape index (κ1) is 13.8. The fourth-order valence-corrected chi connectivity index (χ4v) is 1.79. The molecule has 2 rings (SSSR count). The molecule has 0 aliphatic carbocycles. The maximum atomic E-state index is 13.4. The fourth-order valence-electron chi connectivity index (χ4n) is 1.79. The minimum Gasteiger partial charge on any atom is -0.379 e. The molecular formula is C12H11F4NO2. The van der Waals surface area contributed by atoms with E-state index in [1.165, 1.54) is 0 Å². The number of benzene rings is 1. The fraction of sp³-hybridized carbons (Fsp3) is 0.417. The molecule has 1 aliphatic heterocycles. The number of hydrogen-bond acceptors (Lipinski definition) is 2. The lowest BCUT2D eigenvalue weighted by Crippen LogP contribution is -2.35. The van der Waals surface area contributed by atoms with Gasteiger partial charge in [-0.25, -0.2) is 4.39 Å². The molecule has 0 saturated carbocycles. The molecule has 3 nitrogen and oxygen atoms in total. The second kappa shape index (κ2) is 5.16. The Kier molecular flexibility index (Phi) is 3.75. The van der Waals surface area contributed by atoms with Crippen LogP contribution in [0, 0.1) is 5.82 Å². The number of alkyl halides is 3. The van der Waals surface area contributed by atoms with E-state index in [4.69, 9.17) is 4.74 Å². The van der Waals surface area contributed by atoms with Crippen LogP contribution in [0.4, 0.5) is 17.6 Å². The first-order valence-electron chi connectivity index (χ1n) is 5.63. The molecule has 1 atom stereocenters. The Morgan fingerprint density at radius 1 is 1.37 bits per heavy atom. The van der Waals surface area contributed by atoms with Crippen molar-refractivity contribution in [3.05, 3.63) is 35.1 Å². The van der Waals surface area contributed by atoms with Crippen LogP contribution in [0.15, 0.2) is 18.2 Å². The summed E-state index contributed by atoms with van der Waals surface area (Å²) in [7, 11) is 0. The zero-order valence-corrected chi connectivity index (χ0v) is 9.76. The number of halogens is 4. The van der Waals surface area contributed by atoms with Crippen molar-refractivity contribution in [1.82, 2.24) is 5.32 Å². The van der Waals surface area contributed by atoms with Gasteiger partial charge in [-0.2, -0.15) is 13.2 Å². The zero-order chi connectivity index (χ0) is 14.0. The first-order chi connectivity index (χ1) is 8.88. The molecule has 0 radical (unpaired) electrons. The minimum atomic E-state index is -4.61. The van der Waals surface area contributed by atoms with Gasteiger partial charge in [0.05, 0.1) is 23.8 Å². The van der Waals surface area contributed by atoms with Gasteiger partial charge in [-0.05, 0) is 24.6 Å². The number of ether oxygens (including phenoxy) is 1. The monoisotopic (exact) mass is 277 g/mol. The van der Waals surface area contributed by atoms with Crippen molar-refractivity contribution in [2.75, 3.05) is 13.2 Å². The molecule has 104 valence electrons. The molecule has 1 heterocycles. The van der Waals surface area contributed by atoms with Crippen LogP contribution in [0.1, 0.15) is 22.3 Å². The Labute approximate surface area is 106 Å². The Bertz CT molecular complexity index is 481. The van der Waals surface area contributed by atoms with Crippen molar-refractivity contribution in [2.24, 2.45) is 0 Å². The first-order valence-corrected chi connectivity index (χ1v) is 5.63. The Morgan fingerprint density at radius 2 is 2.11 bits per heavy atom.